The van der Waals surface area contributed by atoms with Crippen LogP contribution in [0.4, 0.5) is 0 Å². The highest BCUT2D eigenvalue weighted by Crippen LogP contribution is 2.39. The lowest BCUT2D eigenvalue weighted by molar-refractivity contribution is -0.129. The summed E-state index contributed by atoms with van der Waals surface area (Å²) in [5.41, 5.74) is 1.78. The molecular weight excluding hydrogens is 340 g/mol. The number of hydrogen-bond acceptors (Lipinski definition) is 4. The van der Waals surface area contributed by atoms with E-state index in [2.05, 4.69) is 13.8 Å². The zero-order chi connectivity index (χ0) is 18.4. The summed E-state index contributed by atoms with van der Waals surface area (Å²) in [6.45, 7) is 4.87. The molecule has 0 radical (unpaired) electrons. The maximum atomic E-state index is 12.7. The van der Waals surface area contributed by atoms with Crippen LogP contribution >= 0.6 is 0 Å². The topological polar surface area (TPSA) is 74.8 Å². The van der Waals surface area contributed by atoms with Crippen LogP contribution in [0.3, 0.4) is 0 Å². The van der Waals surface area contributed by atoms with Crippen molar-refractivity contribution in [3.63, 3.8) is 0 Å². The van der Waals surface area contributed by atoms with Crippen LogP contribution in [0.2, 0.25) is 0 Å². The molecule has 1 spiro atoms. The molecule has 0 saturated carbocycles. The minimum atomic E-state index is -3.50. The standard InChI is InChI=1S/C18H24N2O4S/c1-13(2)14-4-6-15(7-5-14)17(22)20-10-8-18(9-11-20)19(3)16(21)12-25(18,23)24/h4-7,13H,8-12H2,1-3H3. The molecule has 0 bridgehead atoms. The molecule has 0 aromatic heterocycles. The molecule has 7 heteroatoms. The lowest BCUT2D eigenvalue weighted by atomic mass is 9.99. The Morgan fingerprint density at radius 3 is 2.12 bits per heavy atom. The van der Waals surface area contributed by atoms with E-state index >= 15 is 0 Å². The van der Waals surface area contributed by atoms with Crippen molar-refractivity contribution in [3.8, 4) is 0 Å². The van der Waals surface area contributed by atoms with E-state index in [4.69, 9.17) is 0 Å². The maximum Gasteiger partial charge on any atom is 0.253 e. The third-order valence-electron chi connectivity index (χ3n) is 5.53. The molecule has 3 rings (SSSR count). The highest BCUT2D eigenvalue weighted by Gasteiger charge is 2.57. The van der Waals surface area contributed by atoms with Crippen molar-refractivity contribution in [2.75, 3.05) is 25.9 Å². The number of amides is 2. The molecule has 136 valence electrons. The Balaban J connectivity index is 1.74. The minimum absolute atomic E-state index is 0.0884. The number of hydrogen-bond donors (Lipinski definition) is 0. The number of benzene rings is 1. The molecule has 2 fully saturated rings. The Bertz CT molecular complexity index is 791. The van der Waals surface area contributed by atoms with Crippen molar-refractivity contribution < 1.29 is 18.0 Å². The molecule has 25 heavy (non-hydrogen) atoms. The number of likely N-dealkylation sites (tertiary alicyclic amines) is 1. The van der Waals surface area contributed by atoms with Gasteiger partial charge in [-0.2, -0.15) is 0 Å². The van der Waals surface area contributed by atoms with E-state index in [-0.39, 0.29) is 24.7 Å². The van der Waals surface area contributed by atoms with E-state index in [1.165, 1.54) is 10.5 Å². The van der Waals surface area contributed by atoms with E-state index in [0.29, 0.717) is 24.6 Å². The van der Waals surface area contributed by atoms with Gasteiger partial charge in [0.1, 0.15) is 10.6 Å². The Morgan fingerprint density at radius 2 is 1.68 bits per heavy atom. The fraction of sp³-hybridized carbons (Fsp3) is 0.556. The number of sulfone groups is 1. The molecule has 0 N–H and O–H groups in total. The molecule has 2 amide bonds. The second-order valence-electron chi connectivity index (χ2n) is 7.23. The first-order chi connectivity index (χ1) is 11.7. The first-order valence-corrected chi connectivity index (χ1v) is 10.2. The van der Waals surface area contributed by atoms with Crippen molar-refractivity contribution in [1.29, 1.82) is 0 Å². The summed E-state index contributed by atoms with van der Waals surface area (Å²) < 4.78 is 24.9. The molecule has 0 atom stereocenters. The summed E-state index contributed by atoms with van der Waals surface area (Å²) in [5, 5.41) is 0. The molecule has 0 aliphatic carbocycles. The van der Waals surface area contributed by atoms with Crippen LogP contribution in [0.1, 0.15) is 48.5 Å². The number of carbonyl (C=O) groups is 2. The largest absolute Gasteiger partial charge is 0.338 e. The van der Waals surface area contributed by atoms with Crippen LogP contribution in [-0.4, -0.2) is 60.8 Å². The third-order valence-corrected chi connectivity index (χ3v) is 8.00. The van der Waals surface area contributed by atoms with Gasteiger partial charge < -0.3 is 9.80 Å². The molecule has 2 aliphatic heterocycles. The van der Waals surface area contributed by atoms with Crippen LogP contribution < -0.4 is 0 Å². The number of rotatable bonds is 2. The Labute approximate surface area is 148 Å². The highest BCUT2D eigenvalue weighted by molar-refractivity contribution is 7.93. The van der Waals surface area contributed by atoms with Gasteiger partial charge in [0.05, 0.1) is 0 Å². The van der Waals surface area contributed by atoms with E-state index in [0.717, 1.165) is 0 Å². The van der Waals surface area contributed by atoms with Crippen LogP contribution in [0.25, 0.3) is 0 Å². The van der Waals surface area contributed by atoms with Crippen LogP contribution in [-0.2, 0) is 14.6 Å². The van der Waals surface area contributed by atoms with Gasteiger partial charge in [-0.05, 0) is 23.6 Å². The monoisotopic (exact) mass is 364 g/mol. The summed E-state index contributed by atoms with van der Waals surface area (Å²) >= 11 is 0. The van der Waals surface area contributed by atoms with Crippen molar-refractivity contribution in [3.05, 3.63) is 35.4 Å². The van der Waals surface area contributed by atoms with E-state index in [1.54, 1.807) is 11.9 Å². The van der Waals surface area contributed by atoms with Gasteiger partial charge in [-0.25, -0.2) is 8.42 Å². The molecule has 2 heterocycles. The quantitative estimate of drug-likeness (QED) is 0.799. The maximum absolute atomic E-state index is 12.7. The molecule has 6 nitrogen and oxygen atoms in total. The van der Waals surface area contributed by atoms with E-state index in [9.17, 15) is 18.0 Å². The van der Waals surface area contributed by atoms with Crippen molar-refractivity contribution in [1.82, 2.24) is 9.80 Å². The zero-order valence-electron chi connectivity index (χ0n) is 14.9. The molecule has 2 saturated heterocycles. The third kappa shape index (κ3) is 2.84. The van der Waals surface area contributed by atoms with E-state index < -0.39 is 20.5 Å². The second-order valence-corrected chi connectivity index (χ2v) is 9.51. The summed E-state index contributed by atoms with van der Waals surface area (Å²) in [7, 11) is -1.95. The number of piperidine rings is 1. The van der Waals surface area contributed by atoms with Crippen molar-refractivity contribution in [2.24, 2.45) is 0 Å². The summed E-state index contributed by atoms with van der Waals surface area (Å²) in [4.78, 5) is 26.4. The van der Waals surface area contributed by atoms with Gasteiger partial charge in [0.25, 0.3) is 5.91 Å². The predicted molar refractivity (Wildman–Crippen MR) is 95.0 cm³/mol. The van der Waals surface area contributed by atoms with E-state index in [1.807, 2.05) is 24.3 Å². The van der Waals surface area contributed by atoms with Gasteiger partial charge in [0.2, 0.25) is 5.91 Å². The molecular formula is C18H24N2O4S. The summed E-state index contributed by atoms with van der Waals surface area (Å²) in [5.74, 6) is -0.466. The number of carbonyl (C=O) groups excluding carboxylic acids is 2. The van der Waals surface area contributed by atoms with Crippen LogP contribution in [0.5, 0.6) is 0 Å². The minimum Gasteiger partial charge on any atom is -0.338 e. The fourth-order valence-electron chi connectivity index (χ4n) is 3.73. The SMILES string of the molecule is CC(C)c1ccc(C(=O)N2CCC3(CC2)N(C)C(=O)CS3(=O)=O)cc1. The molecule has 1 aromatic rings. The van der Waals surface area contributed by atoms with Crippen LogP contribution in [0, 0.1) is 0 Å². The summed E-state index contributed by atoms with van der Waals surface area (Å²) in [6, 6.07) is 7.56. The predicted octanol–water partition coefficient (Wildman–Crippen LogP) is 1.63. The van der Waals surface area contributed by atoms with Gasteiger partial charge >= 0.3 is 0 Å². The lowest BCUT2D eigenvalue weighted by Crippen LogP contribution is -2.55. The van der Waals surface area contributed by atoms with Crippen LogP contribution in [0.15, 0.2) is 24.3 Å². The normalized spacial score (nSPS) is 22.0. The van der Waals surface area contributed by atoms with Crippen molar-refractivity contribution >= 4 is 21.7 Å². The zero-order valence-corrected chi connectivity index (χ0v) is 15.7. The van der Waals surface area contributed by atoms with Gasteiger partial charge in [-0.1, -0.05) is 26.0 Å². The molecule has 1 aromatic carbocycles. The highest BCUT2D eigenvalue weighted by atomic mass is 32.2. The van der Waals surface area contributed by atoms with Crippen molar-refractivity contribution in [2.45, 2.75) is 37.5 Å². The average Bonchev–Trinajstić information content (AvgIpc) is 2.75. The molecule has 0 unspecified atom stereocenters. The van der Waals surface area contributed by atoms with Gasteiger partial charge in [0.15, 0.2) is 9.84 Å². The lowest BCUT2D eigenvalue weighted by Gasteiger charge is -2.41. The van der Waals surface area contributed by atoms with Gasteiger partial charge in [-0.15, -0.1) is 0 Å². The Kier molecular flexibility index (Phi) is 4.39. The molecule has 2 aliphatic rings. The van der Waals surface area contributed by atoms with Gasteiger partial charge in [-0.3, -0.25) is 9.59 Å². The fourth-order valence-corrected chi connectivity index (χ4v) is 5.84. The van der Waals surface area contributed by atoms with Gasteiger partial charge in [0, 0.05) is 38.5 Å². The second kappa shape index (κ2) is 6.12. The average molecular weight is 364 g/mol. The first kappa shape index (κ1) is 17.9. The Morgan fingerprint density at radius 1 is 1.12 bits per heavy atom. The smallest absolute Gasteiger partial charge is 0.253 e. The number of nitrogens with zero attached hydrogens (tertiary/aromatic N) is 2. The first-order valence-electron chi connectivity index (χ1n) is 8.56. The Hall–Kier alpha value is -1.89. The summed E-state index contributed by atoms with van der Waals surface area (Å²) in [6.07, 6.45) is 0.542.